The smallest absolute Gasteiger partial charge is 0.0132 e. The van der Waals surface area contributed by atoms with E-state index < -0.39 is 0 Å². The van der Waals surface area contributed by atoms with E-state index in [1.165, 1.54) is 36.0 Å². The van der Waals surface area contributed by atoms with Crippen LogP contribution in [0.25, 0.3) is 0 Å². The van der Waals surface area contributed by atoms with Crippen LogP contribution in [-0.4, -0.2) is 0 Å². The van der Waals surface area contributed by atoms with Crippen LogP contribution in [0.1, 0.15) is 43.9 Å². The lowest BCUT2D eigenvalue weighted by atomic mass is 9.86. The van der Waals surface area contributed by atoms with Crippen LogP contribution < -0.4 is 0 Å². The first-order valence-corrected chi connectivity index (χ1v) is 7.19. The molecule has 0 saturated heterocycles. The maximum absolute atomic E-state index is 2.37. The van der Waals surface area contributed by atoms with E-state index in [9.17, 15) is 0 Å². The summed E-state index contributed by atoms with van der Waals surface area (Å²) in [7, 11) is 0. The van der Waals surface area contributed by atoms with Gasteiger partial charge in [-0.3, -0.25) is 0 Å². The zero-order valence-corrected chi connectivity index (χ0v) is 12.3. The fraction of sp³-hybridized carbons (Fsp3) is 0.368. The molecule has 19 heavy (non-hydrogen) atoms. The van der Waals surface area contributed by atoms with Gasteiger partial charge in [-0.25, -0.2) is 0 Å². The van der Waals surface area contributed by atoms with Gasteiger partial charge in [0.05, 0.1) is 0 Å². The highest BCUT2D eigenvalue weighted by Gasteiger charge is 2.13. The van der Waals surface area contributed by atoms with E-state index in [1.807, 2.05) is 0 Å². The summed E-state index contributed by atoms with van der Waals surface area (Å²) < 4.78 is 0. The number of hydrogen-bond donors (Lipinski definition) is 0. The second kappa shape index (κ2) is 6.06. The summed E-state index contributed by atoms with van der Waals surface area (Å²) in [5.41, 5.74) is 4.58. The minimum absolute atomic E-state index is 0.245. The zero-order valence-electron chi connectivity index (χ0n) is 12.3. The molecule has 2 aromatic carbocycles. The maximum atomic E-state index is 2.37. The predicted octanol–water partition coefficient (Wildman–Crippen LogP) is 5.16. The molecule has 100 valence electrons. The molecule has 0 nitrogen and oxygen atoms in total. The van der Waals surface area contributed by atoms with E-state index in [4.69, 9.17) is 0 Å². The van der Waals surface area contributed by atoms with Gasteiger partial charge >= 0.3 is 0 Å². The van der Waals surface area contributed by atoms with Crippen LogP contribution in [0, 0.1) is 0 Å². The Bertz CT molecular complexity index is 503. The van der Waals surface area contributed by atoms with E-state index >= 15 is 0 Å². The van der Waals surface area contributed by atoms with Crippen molar-refractivity contribution in [1.82, 2.24) is 0 Å². The van der Waals surface area contributed by atoms with Gasteiger partial charge in [0.1, 0.15) is 0 Å². The van der Waals surface area contributed by atoms with Crippen molar-refractivity contribution in [2.24, 2.45) is 0 Å². The number of rotatable bonds is 4. The van der Waals surface area contributed by atoms with Gasteiger partial charge in [-0.15, -0.1) is 0 Å². The molecule has 0 atom stereocenters. The summed E-state index contributed by atoms with van der Waals surface area (Å²) in [5, 5.41) is 0. The van der Waals surface area contributed by atoms with Gasteiger partial charge in [-0.05, 0) is 41.4 Å². The van der Waals surface area contributed by atoms with Crippen molar-refractivity contribution in [3.63, 3.8) is 0 Å². The van der Waals surface area contributed by atoms with E-state index in [2.05, 4.69) is 75.4 Å². The molecule has 0 heteroatoms. The molecule has 0 N–H and O–H groups in total. The molecule has 0 radical (unpaired) electrons. The van der Waals surface area contributed by atoms with Gasteiger partial charge in [0, 0.05) is 0 Å². The highest BCUT2D eigenvalue weighted by Crippen LogP contribution is 2.23. The lowest BCUT2D eigenvalue weighted by Gasteiger charge is -2.19. The van der Waals surface area contributed by atoms with Crippen molar-refractivity contribution in [2.75, 3.05) is 0 Å². The Hall–Kier alpha value is -1.56. The molecule has 2 rings (SSSR count). The first-order valence-electron chi connectivity index (χ1n) is 7.19. The molecular weight excluding hydrogens is 228 g/mol. The summed E-state index contributed by atoms with van der Waals surface area (Å²) in [6, 6.07) is 19.8. The normalized spacial score (nSPS) is 11.5. The predicted molar refractivity (Wildman–Crippen MR) is 83.6 cm³/mol. The van der Waals surface area contributed by atoms with Crippen molar-refractivity contribution in [2.45, 2.75) is 45.4 Å². The lowest BCUT2D eigenvalue weighted by molar-refractivity contribution is 0.589. The van der Waals surface area contributed by atoms with Gasteiger partial charge in [0.2, 0.25) is 0 Å². The summed E-state index contributed by atoms with van der Waals surface area (Å²) >= 11 is 0. The second-order valence-electron chi connectivity index (χ2n) is 6.29. The van der Waals surface area contributed by atoms with Crippen LogP contribution in [0.15, 0.2) is 54.6 Å². The van der Waals surface area contributed by atoms with Crippen LogP contribution in [0.2, 0.25) is 0 Å². The van der Waals surface area contributed by atoms with Crippen LogP contribution >= 0.6 is 0 Å². The Kier molecular flexibility index (Phi) is 4.42. The Balaban J connectivity index is 1.93. The molecule has 0 aliphatic carbocycles. The summed E-state index contributed by atoms with van der Waals surface area (Å²) in [6.07, 6.45) is 3.55. The van der Waals surface area contributed by atoms with Crippen molar-refractivity contribution in [1.29, 1.82) is 0 Å². The molecule has 0 aromatic heterocycles. The molecule has 0 aliphatic heterocycles. The molecule has 0 heterocycles. The third-order valence-electron chi connectivity index (χ3n) is 3.57. The number of hydrogen-bond acceptors (Lipinski definition) is 0. The van der Waals surface area contributed by atoms with Crippen molar-refractivity contribution in [3.05, 3.63) is 71.3 Å². The van der Waals surface area contributed by atoms with Crippen LogP contribution in [0.5, 0.6) is 0 Å². The molecule has 0 amide bonds. The standard InChI is InChI=1S/C19H24/c1-19(2,3)18-14-8-13-17(15-18)12-7-11-16-9-5-4-6-10-16/h4-6,8-10,13-15H,7,11-12H2,1-3H3. The summed E-state index contributed by atoms with van der Waals surface area (Å²) in [4.78, 5) is 0. The molecule has 0 aliphatic rings. The fourth-order valence-corrected chi connectivity index (χ4v) is 2.33. The van der Waals surface area contributed by atoms with Crippen molar-refractivity contribution < 1.29 is 0 Å². The highest BCUT2D eigenvalue weighted by molar-refractivity contribution is 5.28. The monoisotopic (exact) mass is 252 g/mol. The molecular formula is C19H24. The second-order valence-corrected chi connectivity index (χ2v) is 6.29. The third-order valence-corrected chi connectivity index (χ3v) is 3.57. The molecule has 0 bridgehead atoms. The topological polar surface area (TPSA) is 0 Å². The van der Waals surface area contributed by atoms with E-state index in [0.717, 1.165) is 0 Å². The van der Waals surface area contributed by atoms with Gasteiger partial charge in [-0.2, -0.15) is 0 Å². The van der Waals surface area contributed by atoms with E-state index in [0.29, 0.717) is 0 Å². The Labute approximate surface area is 117 Å². The van der Waals surface area contributed by atoms with Gasteiger partial charge in [-0.1, -0.05) is 75.4 Å². The van der Waals surface area contributed by atoms with Crippen LogP contribution in [-0.2, 0) is 18.3 Å². The highest BCUT2D eigenvalue weighted by atomic mass is 14.2. The molecule has 0 saturated carbocycles. The largest absolute Gasteiger partial charge is 0.0622 e. The number of benzene rings is 2. The zero-order chi connectivity index (χ0) is 13.7. The van der Waals surface area contributed by atoms with Gasteiger partial charge in [0.15, 0.2) is 0 Å². The molecule has 0 fully saturated rings. The van der Waals surface area contributed by atoms with Gasteiger partial charge < -0.3 is 0 Å². The fourth-order valence-electron chi connectivity index (χ4n) is 2.33. The maximum Gasteiger partial charge on any atom is -0.0132 e. The van der Waals surface area contributed by atoms with Crippen molar-refractivity contribution >= 4 is 0 Å². The average Bonchev–Trinajstić information content (AvgIpc) is 2.39. The summed E-state index contributed by atoms with van der Waals surface area (Å²) in [5.74, 6) is 0. The Morgan fingerprint density at radius 2 is 1.37 bits per heavy atom. The SMILES string of the molecule is CC(C)(C)c1cccc(CCCc2ccccc2)c1. The molecule has 0 spiro atoms. The van der Waals surface area contributed by atoms with Crippen molar-refractivity contribution in [3.8, 4) is 0 Å². The first-order chi connectivity index (χ1) is 9.05. The Morgan fingerprint density at radius 1 is 0.737 bits per heavy atom. The first kappa shape index (κ1) is 13.9. The average molecular weight is 252 g/mol. The van der Waals surface area contributed by atoms with Crippen LogP contribution in [0.3, 0.4) is 0 Å². The Morgan fingerprint density at radius 3 is 2.05 bits per heavy atom. The molecule has 2 aromatic rings. The minimum atomic E-state index is 0.245. The van der Waals surface area contributed by atoms with E-state index in [-0.39, 0.29) is 5.41 Å². The minimum Gasteiger partial charge on any atom is -0.0622 e. The quantitative estimate of drug-likeness (QED) is 0.705. The van der Waals surface area contributed by atoms with Crippen LogP contribution in [0.4, 0.5) is 0 Å². The summed E-state index contributed by atoms with van der Waals surface area (Å²) in [6.45, 7) is 6.82. The molecule has 0 unspecified atom stereocenters. The third kappa shape index (κ3) is 4.24. The number of aryl methyl sites for hydroxylation is 2. The lowest BCUT2D eigenvalue weighted by Crippen LogP contribution is -2.11. The van der Waals surface area contributed by atoms with E-state index in [1.54, 1.807) is 0 Å². The van der Waals surface area contributed by atoms with Gasteiger partial charge in [0.25, 0.3) is 0 Å².